The molecule has 5 nitrogen and oxygen atoms in total. The maximum atomic E-state index is 6.07. The minimum atomic E-state index is -0.394. The van der Waals surface area contributed by atoms with Crippen LogP contribution in [0.2, 0.25) is 0 Å². The van der Waals surface area contributed by atoms with E-state index >= 15 is 0 Å². The van der Waals surface area contributed by atoms with E-state index in [1.807, 2.05) is 31.2 Å². The third-order valence-electron chi connectivity index (χ3n) is 4.48. The van der Waals surface area contributed by atoms with Crippen molar-refractivity contribution in [2.24, 2.45) is 5.84 Å². The zero-order valence-corrected chi connectivity index (χ0v) is 12.5. The van der Waals surface area contributed by atoms with Crippen LogP contribution < -0.4 is 11.3 Å². The summed E-state index contributed by atoms with van der Waals surface area (Å²) in [5.74, 6) is 6.64. The normalized spacial score (nSPS) is 19.8. The fourth-order valence-electron chi connectivity index (χ4n) is 3.19. The second-order valence-corrected chi connectivity index (χ2v) is 5.62. The fraction of sp³-hybridized carbons (Fsp3) is 0.500. The summed E-state index contributed by atoms with van der Waals surface area (Å²) in [6.07, 6.45) is 1.57. The number of rotatable bonds is 4. The van der Waals surface area contributed by atoms with Crippen molar-refractivity contribution in [3.05, 3.63) is 35.6 Å². The minimum Gasteiger partial charge on any atom is -0.459 e. The van der Waals surface area contributed by atoms with Crippen molar-refractivity contribution in [1.82, 2.24) is 5.43 Å². The molecule has 0 aliphatic carbocycles. The highest BCUT2D eigenvalue weighted by atomic mass is 16.5. The molecular weight excluding hydrogens is 268 g/mol. The highest BCUT2D eigenvalue weighted by Crippen LogP contribution is 2.39. The number of aryl methyl sites for hydroxylation is 1. The quantitative estimate of drug-likeness (QED) is 0.668. The average Bonchev–Trinajstić information content (AvgIpc) is 2.94. The van der Waals surface area contributed by atoms with Gasteiger partial charge in [-0.3, -0.25) is 5.84 Å². The summed E-state index contributed by atoms with van der Waals surface area (Å²) in [5, 5.41) is 1.09. The molecule has 5 heteroatoms. The van der Waals surface area contributed by atoms with Gasteiger partial charge in [-0.2, -0.15) is 0 Å². The van der Waals surface area contributed by atoms with Crippen LogP contribution in [0.25, 0.3) is 11.0 Å². The molecule has 2 heterocycles. The topological polar surface area (TPSA) is 69.7 Å². The monoisotopic (exact) mass is 290 g/mol. The van der Waals surface area contributed by atoms with Gasteiger partial charge in [-0.05, 0) is 18.6 Å². The Morgan fingerprint density at radius 3 is 2.71 bits per heavy atom. The molecule has 3 N–H and O–H groups in total. The van der Waals surface area contributed by atoms with Crippen molar-refractivity contribution < 1.29 is 13.9 Å². The van der Waals surface area contributed by atoms with Gasteiger partial charge in [-0.25, -0.2) is 5.43 Å². The van der Waals surface area contributed by atoms with Crippen molar-refractivity contribution in [2.75, 3.05) is 20.3 Å². The number of furan rings is 1. The summed E-state index contributed by atoms with van der Waals surface area (Å²) < 4.78 is 17.4. The van der Waals surface area contributed by atoms with E-state index in [0.29, 0.717) is 13.2 Å². The van der Waals surface area contributed by atoms with Gasteiger partial charge < -0.3 is 13.9 Å². The van der Waals surface area contributed by atoms with E-state index in [4.69, 9.17) is 19.7 Å². The molecule has 114 valence electrons. The number of methoxy groups -OCH3 is 1. The zero-order valence-electron chi connectivity index (χ0n) is 12.5. The lowest BCUT2D eigenvalue weighted by molar-refractivity contribution is -0.114. The molecule has 0 bridgehead atoms. The number of hydrogen-bond donors (Lipinski definition) is 2. The molecule has 1 fully saturated rings. The van der Waals surface area contributed by atoms with E-state index in [1.54, 1.807) is 7.11 Å². The number of hydrogen-bond acceptors (Lipinski definition) is 5. The van der Waals surface area contributed by atoms with Crippen LogP contribution in [0.4, 0.5) is 0 Å². The number of ether oxygens (including phenoxy) is 2. The van der Waals surface area contributed by atoms with Crippen LogP contribution in [0.3, 0.4) is 0 Å². The number of nitrogens with two attached hydrogens (primary N) is 1. The molecule has 0 radical (unpaired) electrons. The van der Waals surface area contributed by atoms with Crippen molar-refractivity contribution in [2.45, 2.75) is 31.4 Å². The lowest BCUT2D eigenvalue weighted by Gasteiger charge is -2.40. The van der Waals surface area contributed by atoms with Crippen molar-refractivity contribution in [3.63, 3.8) is 0 Å². The maximum Gasteiger partial charge on any atom is 0.137 e. The van der Waals surface area contributed by atoms with Gasteiger partial charge in [0.15, 0.2) is 0 Å². The van der Waals surface area contributed by atoms with E-state index in [1.165, 1.54) is 0 Å². The predicted molar refractivity (Wildman–Crippen MR) is 80.8 cm³/mol. The Bertz CT molecular complexity index is 617. The molecule has 0 saturated carbocycles. The van der Waals surface area contributed by atoms with Crippen LogP contribution in [-0.2, 0) is 9.47 Å². The SMILES string of the molecule is COC1(C(NN)c2cc3cccc(C)c3o2)CCOCC1. The standard InChI is InChI=1S/C16H22N2O3/c1-11-4-3-5-12-10-13(21-14(11)12)15(18-17)16(19-2)6-8-20-9-7-16/h3-5,10,15,18H,6-9,17H2,1-2H3. The molecule has 1 aliphatic rings. The molecule has 1 saturated heterocycles. The van der Waals surface area contributed by atoms with Crippen LogP contribution in [0.1, 0.15) is 30.2 Å². The first-order valence-electron chi connectivity index (χ1n) is 7.28. The Balaban J connectivity index is 2.02. The first-order valence-corrected chi connectivity index (χ1v) is 7.28. The molecule has 1 unspecified atom stereocenters. The maximum absolute atomic E-state index is 6.07. The van der Waals surface area contributed by atoms with Crippen LogP contribution in [-0.4, -0.2) is 25.9 Å². The van der Waals surface area contributed by atoms with E-state index < -0.39 is 5.60 Å². The summed E-state index contributed by atoms with van der Waals surface area (Å²) in [5.41, 5.74) is 4.52. The van der Waals surface area contributed by atoms with Gasteiger partial charge in [0.05, 0.1) is 5.60 Å². The van der Waals surface area contributed by atoms with Gasteiger partial charge in [0.25, 0.3) is 0 Å². The fourth-order valence-corrected chi connectivity index (χ4v) is 3.19. The molecule has 21 heavy (non-hydrogen) atoms. The Labute approximate surface area is 124 Å². The Morgan fingerprint density at radius 1 is 1.33 bits per heavy atom. The lowest BCUT2D eigenvalue weighted by atomic mass is 9.85. The van der Waals surface area contributed by atoms with Crippen LogP contribution in [0.5, 0.6) is 0 Å². The number of nitrogens with one attached hydrogen (secondary N) is 1. The Kier molecular flexibility index (Phi) is 3.99. The van der Waals surface area contributed by atoms with Gasteiger partial charge in [0.1, 0.15) is 17.4 Å². The molecular formula is C16H22N2O3. The van der Waals surface area contributed by atoms with Gasteiger partial charge in [0, 0.05) is 38.6 Å². The molecule has 1 atom stereocenters. The van der Waals surface area contributed by atoms with Gasteiger partial charge >= 0.3 is 0 Å². The second kappa shape index (κ2) is 5.77. The molecule has 2 aromatic rings. The number of para-hydroxylation sites is 1. The molecule has 3 rings (SSSR count). The van der Waals surface area contributed by atoms with Crippen LogP contribution >= 0.6 is 0 Å². The first-order chi connectivity index (χ1) is 10.2. The summed E-state index contributed by atoms with van der Waals surface area (Å²) in [6.45, 7) is 3.39. The summed E-state index contributed by atoms with van der Waals surface area (Å²) in [4.78, 5) is 0. The number of hydrazine groups is 1. The largest absolute Gasteiger partial charge is 0.459 e. The summed E-state index contributed by atoms with van der Waals surface area (Å²) >= 11 is 0. The van der Waals surface area contributed by atoms with E-state index in [2.05, 4.69) is 5.43 Å². The molecule has 1 aliphatic heterocycles. The van der Waals surface area contributed by atoms with E-state index in [-0.39, 0.29) is 6.04 Å². The minimum absolute atomic E-state index is 0.196. The average molecular weight is 290 g/mol. The summed E-state index contributed by atoms with van der Waals surface area (Å²) in [6, 6.07) is 7.97. The Hall–Kier alpha value is -1.40. The molecule has 0 spiro atoms. The predicted octanol–water partition coefficient (Wildman–Crippen LogP) is 2.44. The smallest absolute Gasteiger partial charge is 0.137 e. The van der Waals surface area contributed by atoms with E-state index in [0.717, 1.165) is 35.1 Å². The number of fused-ring (bicyclic) bond motifs is 1. The first kappa shape index (κ1) is 14.5. The summed E-state index contributed by atoms with van der Waals surface area (Å²) in [7, 11) is 1.73. The third-order valence-corrected chi connectivity index (χ3v) is 4.48. The van der Waals surface area contributed by atoms with E-state index in [9.17, 15) is 0 Å². The second-order valence-electron chi connectivity index (χ2n) is 5.62. The highest BCUT2D eigenvalue weighted by molar-refractivity contribution is 5.81. The molecule has 1 aromatic carbocycles. The Morgan fingerprint density at radius 2 is 2.10 bits per heavy atom. The molecule has 1 aromatic heterocycles. The van der Waals surface area contributed by atoms with Gasteiger partial charge in [0.2, 0.25) is 0 Å². The highest BCUT2D eigenvalue weighted by Gasteiger charge is 2.42. The zero-order chi connectivity index (χ0) is 14.9. The number of benzene rings is 1. The lowest BCUT2D eigenvalue weighted by Crippen LogP contribution is -2.51. The van der Waals surface area contributed by atoms with Crippen LogP contribution in [0.15, 0.2) is 28.7 Å². The van der Waals surface area contributed by atoms with Crippen molar-refractivity contribution in [3.8, 4) is 0 Å². The van der Waals surface area contributed by atoms with Crippen molar-refractivity contribution in [1.29, 1.82) is 0 Å². The van der Waals surface area contributed by atoms with Crippen LogP contribution in [0, 0.1) is 6.92 Å². The van der Waals surface area contributed by atoms with Gasteiger partial charge in [-0.15, -0.1) is 0 Å². The third kappa shape index (κ3) is 2.46. The van der Waals surface area contributed by atoms with Crippen molar-refractivity contribution >= 4 is 11.0 Å². The van der Waals surface area contributed by atoms with Gasteiger partial charge in [-0.1, -0.05) is 18.2 Å². The molecule has 0 amide bonds.